The molecule has 1 unspecified atom stereocenters. The van der Waals surface area contributed by atoms with Gasteiger partial charge in [0.2, 0.25) is 0 Å². The van der Waals surface area contributed by atoms with Gasteiger partial charge in [0.05, 0.1) is 0 Å². The summed E-state index contributed by atoms with van der Waals surface area (Å²) in [6, 6.07) is 10.00. The summed E-state index contributed by atoms with van der Waals surface area (Å²) in [6.07, 6.45) is 3.63. The highest BCUT2D eigenvalue weighted by Gasteiger charge is 2.26. The summed E-state index contributed by atoms with van der Waals surface area (Å²) in [5.41, 5.74) is 1.23. The Balaban J connectivity index is 1.77. The van der Waals surface area contributed by atoms with Gasteiger partial charge in [0.15, 0.2) is 11.9 Å². The summed E-state index contributed by atoms with van der Waals surface area (Å²) in [5, 5.41) is 3.27. The average molecular weight is 255 g/mol. The zero-order chi connectivity index (χ0) is 13.1. The van der Waals surface area contributed by atoms with Gasteiger partial charge in [-0.25, -0.2) is 9.97 Å². The van der Waals surface area contributed by atoms with Crippen LogP contribution in [0.4, 0.5) is 5.82 Å². The van der Waals surface area contributed by atoms with Crippen LogP contribution in [0.3, 0.4) is 0 Å². The molecule has 1 aliphatic heterocycles. The monoisotopic (exact) mass is 255 g/mol. The van der Waals surface area contributed by atoms with Crippen molar-refractivity contribution in [3.63, 3.8) is 0 Å². The Labute approximate surface area is 112 Å². The van der Waals surface area contributed by atoms with E-state index in [1.807, 2.05) is 24.3 Å². The van der Waals surface area contributed by atoms with Gasteiger partial charge in [-0.2, -0.15) is 0 Å². The normalized spacial score (nSPS) is 16.8. The van der Waals surface area contributed by atoms with Gasteiger partial charge in [0.1, 0.15) is 11.6 Å². The lowest BCUT2D eigenvalue weighted by molar-refractivity contribution is 0.227. The maximum atomic E-state index is 5.90. The van der Waals surface area contributed by atoms with Gasteiger partial charge < -0.3 is 10.1 Å². The molecule has 3 rings (SSSR count). The van der Waals surface area contributed by atoms with Crippen LogP contribution >= 0.6 is 0 Å². The number of rotatable bonds is 4. The van der Waals surface area contributed by atoms with Crippen molar-refractivity contribution < 1.29 is 4.74 Å². The Hall–Kier alpha value is -2.10. The van der Waals surface area contributed by atoms with Crippen LogP contribution < -0.4 is 10.1 Å². The lowest BCUT2D eigenvalue weighted by Gasteiger charge is -2.10. The first-order chi connectivity index (χ1) is 9.36. The predicted octanol–water partition coefficient (Wildman–Crippen LogP) is 2.97. The number of anilines is 1. The maximum absolute atomic E-state index is 5.90. The van der Waals surface area contributed by atoms with Gasteiger partial charge in [0.25, 0.3) is 0 Å². The van der Waals surface area contributed by atoms with E-state index in [0.717, 1.165) is 36.8 Å². The highest BCUT2D eigenvalue weighted by molar-refractivity contribution is 5.39. The lowest BCUT2D eigenvalue weighted by atomic mass is 10.1. The van der Waals surface area contributed by atoms with Crippen molar-refractivity contribution in [1.29, 1.82) is 0 Å². The Kier molecular flexibility index (Phi) is 3.31. The summed E-state index contributed by atoms with van der Waals surface area (Å²) in [4.78, 5) is 8.86. The summed E-state index contributed by atoms with van der Waals surface area (Å²) in [5.74, 6) is 2.56. The quantitative estimate of drug-likeness (QED) is 0.912. The van der Waals surface area contributed by atoms with Gasteiger partial charge in [-0.3, -0.25) is 0 Å². The Bertz CT molecular complexity index is 546. The van der Waals surface area contributed by atoms with E-state index >= 15 is 0 Å². The second kappa shape index (κ2) is 5.26. The van der Waals surface area contributed by atoms with Gasteiger partial charge in [-0.15, -0.1) is 0 Å². The van der Waals surface area contributed by atoms with Crippen LogP contribution in [-0.4, -0.2) is 16.5 Å². The number of aromatic nitrogens is 2. The fraction of sp³-hybridized carbons (Fsp3) is 0.333. The second-order valence-electron chi connectivity index (χ2n) is 4.65. The molecular formula is C15H17N3O. The number of ether oxygens (including phenoxy) is 1. The van der Waals surface area contributed by atoms with Crippen molar-refractivity contribution in [3.05, 3.63) is 47.9 Å². The molecule has 4 nitrogen and oxygen atoms in total. The topological polar surface area (TPSA) is 47.0 Å². The minimum Gasteiger partial charge on any atom is -0.482 e. The van der Waals surface area contributed by atoms with Crippen LogP contribution in [-0.2, 0) is 6.42 Å². The third-order valence-electron chi connectivity index (χ3n) is 3.17. The van der Waals surface area contributed by atoms with Gasteiger partial charge in [0, 0.05) is 19.2 Å². The second-order valence-corrected chi connectivity index (χ2v) is 4.65. The first kappa shape index (κ1) is 12.0. The molecule has 0 saturated heterocycles. The van der Waals surface area contributed by atoms with Crippen LogP contribution in [0, 0.1) is 0 Å². The number of benzene rings is 1. The molecule has 0 radical (unpaired) electrons. The van der Waals surface area contributed by atoms with Crippen LogP contribution in [0.25, 0.3) is 0 Å². The molecule has 1 aromatic carbocycles. The Morgan fingerprint density at radius 2 is 2.21 bits per heavy atom. The van der Waals surface area contributed by atoms with E-state index in [1.165, 1.54) is 5.56 Å². The standard InChI is InChI=1S/C15H17N3O/c1-2-8-16-14-7-9-17-15(18-14)13-10-11-5-3-4-6-12(11)19-13/h3-7,9,13H,2,8,10H2,1H3,(H,16,17,18). The predicted molar refractivity (Wildman–Crippen MR) is 74.3 cm³/mol. The van der Waals surface area contributed by atoms with Crippen LogP contribution in [0.15, 0.2) is 36.5 Å². The van der Waals surface area contributed by atoms with Crippen LogP contribution in [0.5, 0.6) is 5.75 Å². The van der Waals surface area contributed by atoms with Gasteiger partial charge in [-0.1, -0.05) is 25.1 Å². The first-order valence-electron chi connectivity index (χ1n) is 6.68. The molecule has 4 heteroatoms. The Morgan fingerprint density at radius 1 is 1.32 bits per heavy atom. The summed E-state index contributed by atoms with van der Waals surface area (Å²) in [7, 11) is 0. The molecule has 98 valence electrons. The third kappa shape index (κ3) is 2.52. The molecule has 0 bridgehead atoms. The zero-order valence-corrected chi connectivity index (χ0v) is 11.0. The smallest absolute Gasteiger partial charge is 0.171 e. The fourth-order valence-electron chi connectivity index (χ4n) is 2.21. The van der Waals surface area contributed by atoms with E-state index in [9.17, 15) is 0 Å². The zero-order valence-electron chi connectivity index (χ0n) is 11.0. The summed E-state index contributed by atoms with van der Waals surface area (Å²) in [6.45, 7) is 3.05. The minimum atomic E-state index is -0.0687. The molecule has 1 N–H and O–H groups in total. The van der Waals surface area contributed by atoms with Crippen molar-refractivity contribution in [2.24, 2.45) is 0 Å². The maximum Gasteiger partial charge on any atom is 0.171 e. The fourth-order valence-corrected chi connectivity index (χ4v) is 2.21. The first-order valence-corrected chi connectivity index (χ1v) is 6.68. The molecule has 0 saturated carbocycles. The minimum absolute atomic E-state index is 0.0687. The van der Waals surface area contributed by atoms with Crippen molar-refractivity contribution in [2.45, 2.75) is 25.9 Å². The number of fused-ring (bicyclic) bond motifs is 1. The molecule has 0 amide bonds. The third-order valence-corrected chi connectivity index (χ3v) is 3.17. The average Bonchev–Trinajstić information content (AvgIpc) is 2.89. The SMILES string of the molecule is CCCNc1ccnc(C2Cc3ccccc3O2)n1. The highest BCUT2D eigenvalue weighted by atomic mass is 16.5. The number of para-hydroxylation sites is 1. The van der Waals surface area contributed by atoms with Crippen molar-refractivity contribution >= 4 is 5.82 Å². The molecule has 2 aromatic rings. The summed E-state index contributed by atoms with van der Waals surface area (Å²) >= 11 is 0. The number of nitrogens with zero attached hydrogens (tertiary/aromatic N) is 2. The summed E-state index contributed by atoms with van der Waals surface area (Å²) < 4.78 is 5.90. The molecule has 1 aromatic heterocycles. The van der Waals surface area contributed by atoms with Crippen LogP contribution in [0.2, 0.25) is 0 Å². The molecule has 1 aliphatic rings. The molecule has 19 heavy (non-hydrogen) atoms. The van der Waals surface area contributed by atoms with Crippen molar-refractivity contribution in [1.82, 2.24) is 9.97 Å². The van der Waals surface area contributed by atoms with Gasteiger partial charge >= 0.3 is 0 Å². The van der Waals surface area contributed by atoms with E-state index in [-0.39, 0.29) is 6.10 Å². The number of nitrogens with one attached hydrogen (secondary N) is 1. The number of hydrogen-bond acceptors (Lipinski definition) is 4. The molecule has 0 aliphatic carbocycles. The van der Waals surface area contributed by atoms with Gasteiger partial charge in [-0.05, 0) is 24.1 Å². The molecule has 2 heterocycles. The molecular weight excluding hydrogens is 238 g/mol. The van der Waals surface area contributed by atoms with E-state index in [2.05, 4.69) is 28.3 Å². The highest BCUT2D eigenvalue weighted by Crippen LogP contribution is 2.35. The Morgan fingerprint density at radius 3 is 3.05 bits per heavy atom. The number of hydrogen-bond donors (Lipinski definition) is 1. The van der Waals surface area contributed by atoms with Crippen molar-refractivity contribution in [3.8, 4) is 5.75 Å². The van der Waals surface area contributed by atoms with E-state index in [0.29, 0.717) is 0 Å². The lowest BCUT2D eigenvalue weighted by Crippen LogP contribution is -2.10. The van der Waals surface area contributed by atoms with E-state index in [1.54, 1.807) is 6.20 Å². The molecule has 0 spiro atoms. The van der Waals surface area contributed by atoms with E-state index < -0.39 is 0 Å². The largest absolute Gasteiger partial charge is 0.482 e. The van der Waals surface area contributed by atoms with Crippen LogP contribution in [0.1, 0.15) is 30.8 Å². The molecule has 0 fully saturated rings. The van der Waals surface area contributed by atoms with Crippen molar-refractivity contribution in [2.75, 3.05) is 11.9 Å². The van der Waals surface area contributed by atoms with E-state index in [4.69, 9.17) is 4.74 Å². The molecule has 1 atom stereocenters.